The Morgan fingerprint density at radius 3 is 2.76 bits per heavy atom. The summed E-state index contributed by atoms with van der Waals surface area (Å²) in [5.74, 6) is 0.963. The highest BCUT2D eigenvalue weighted by atomic mass is 16.5. The predicted octanol–water partition coefficient (Wildman–Crippen LogP) is 4.30. The van der Waals surface area contributed by atoms with E-state index in [1.807, 2.05) is 12.1 Å². The monoisotopic (exact) mass is 286 g/mol. The van der Waals surface area contributed by atoms with E-state index in [1.54, 1.807) is 0 Å². The molecule has 2 aromatic rings. The zero-order chi connectivity index (χ0) is 14.9. The van der Waals surface area contributed by atoms with Crippen molar-refractivity contribution in [1.82, 2.24) is 10.3 Å². The van der Waals surface area contributed by atoms with Crippen LogP contribution in [0.3, 0.4) is 0 Å². The standard InChI is InChI=1S/C18H26N2O/c1-3-5-8-12-21-18-13-15(14-19-11-4-2)20-17-10-7-6-9-16(17)18/h6-7,9-10,13,19H,3-5,8,11-12,14H2,1-2H3. The fraction of sp³-hybridized carbons (Fsp3) is 0.500. The molecular weight excluding hydrogens is 260 g/mol. The van der Waals surface area contributed by atoms with E-state index in [0.717, 1.165) is 54.9 Å². The van der Waals surface area contributed by atoms with E-state index in [1.165, 1.54) is 12.8 Å². The lowest BCUT2D eigenvalue weighted by Crippen LogP contribution is -2.15. The van der Waals surface area contributed by atoms with Crippen molar-refractivity contribution in [2.45, 2.75) is 46.1 Å². The summed E-state index contributed by atoms with van der Waals surface area (Å²) in [5, 5.41) is 4.51. The molecule has 0 aliphatic carbocycles. The Morgan fingerprint density at radius 1 is 1.10 bits per heavy atom. The maximum absolute atomic E-state index is 6.00. The van der Waals surface area contributed by atoms with E-state index < -0.39 is 0 Å². The van der Waals surface area contributed by atoms with E-state index in [4.69, 9.17) is 9.72 Å². The number of nitrogens with one attached hydrogen (secondary N) is 1. The van der Waals surface area contributed by atoms with E-state index in [0.29, 0.717) is 0 Å². The summed E-state index contributed by atoms with van der Waals surface area (Å²) in [6.45, 7) is 6.97. The van der Waals surface area contributed by atoms with Crippen molar-refractivity contribution in [1.29, 1.82) is 0 Å². The highest BCUT2D eigenvalue weighted by Gasteiger charge is 2.06. The molecule has 0 bridgehead atoms. The van der Waals surface area contributed by atoms with Crippen molar-refractivity contribution in [3.05, 3.63) is 36.0 Å². The number of hydrogen-bond donors (Lipinski definition) is 1. The van der Waals surface area contributed by atoms with Crippen LogP contribution in [0.25, 0.3) is 10.9 Å². The maximum atomic E-state index is 6.00. The fourth-order valence-electron chi connectivity index (χ4n) is 2.33. The predicted molar refractivity (Wildman–Crippen MR) is 88.8 cm³/mol. The molecule has 0 saturated carbocycles. The van der Waals surface area contributed by atoms with Crippen LogP contribution >= 0.6 is 0 Å². The minimum Gasteiger partial charge on any atom is -0.493 e. The number of rotatable bonds is 9. The van der Waals surface area contributed by atoms with Crippen LogP contribution in [0, 0.1) is 0 Å². The number of ether oxygens (including phenoxy) is 1. The number of pyridine rings is 1. The molecule has 0 fully saturated rings. The molecular formula is C18H26N2O. The highest BCUT2D eigenvalue weighted by Crippen LogP contribution is 2.25. The summed E-state index contributed by atoms with van der Waals surface area (Å²) in [6.07, 6.45) is 4.67. The minimum absolute atomic E-state index is 0.781. The Labute approximate surface area is 127 Å². The van der Waals surface area contributed by atoms with Crippen molar-refractivity contribution >= 4 is 10.9 Å². The van der Waals surface area contributed by atoms with Gasteiger partial charge in [0.25, 0.3) is 0 Å². The van der Waals surface area contributed by atoms with Gasteiger partial charge in [0.2, 0.25) is 0 Å². The molecule has 21 heavy (non-hydrogen) atoms. The first kappa shape index (κ1) is 15.8. The van der Waals surface area contributed by atoms with Gasteiger partial charge in [-0.3, -0.25) is 4.98 Å². The van der Waals surface area contributed by atoms with Crippen molar-refractivity contribution in [2.75, 3.05) is 13.2 Å². The summed E-state index contributed by atoms with van der Waals surface area (Å²) >= 11 is 0. The van der Waals surface area contributed by atoms with Gasteiger partial charge in [-0.2, -0.15) is 0 Å². The summed E-state index contributed by atoms with van der Waals surface area (Å²) in [5.41, 5.74) is 2.06. The van der Waals surface area contributed by atoms with Crippen LogP contribution in [0.15, 0.2) is 30.3 Å². The third-order valence-corrected chi connectivity index (χ3v) is 3.47. The molecule has 1 heterocycles. The number of fused-ring (bicyclic) bond motifs is 1. The van der Waals surface area contributed by atoms with Crippen molar-refractivity contribution < 1.29 is 4.74 Å². The average Bonchev–Trinajstić information content (AvgIpc) is 2.52. The van der Waals surface area contributed by atoms with Gasteiger partial charge in [-0.05, 0) is 31.5 Å². The Kier molecular flexibility index (Phi) is 6.48. The van der Waals surface area contributed by atoms with Gasteiger partial charge in [-0.15, -0.1) is 0 Å². The van der Waals surface area contributed by atoms with Gasteiger partial charge in [0.15, 0.2) is 0 Å². The second-order valence-corrected chi connectivity index (χ2v) is 5.36. The lowest BCUT2D eigenvalue weighted by atomic mass is 10.1. The molecule has 0 unspecified atom stereocenters. The van der Waals surface area contributed by atoms with Crippen molar-refractivity contribution in [2.24, 2.45) is 0 Å². The third-order valence-electron chi connectivity index (χ3n) is 3.47. The van der Waals surface area contributed by atoms with Gasteiger partial charge in [0.1, 0.15) is 5.75 Å². The average molecular weight is 286 g/mol. The Morgan fingerprint density at radius 2 is 1.95 bits per heavy atom. The van der Waals surface area contributed by atoms with Gasteiger partial charge >= 0.3 is 0 Å². The number of hydrogen-bond acceptors (Lipinski definition) is 3. The minimum atomic E-state index is 0.781. The second-order valence-electron chi connectivity index (χ2n) is 5.36. The lowest BCUT2D eigenvalue weighted by molar-refractivity contribution is 0.309. The van der Waals surface area contributed by atoms with Gasteiger partial charge in [-0.25, -0.2) is 0 Å². The molecule has 3 nitrogen and oxygen atoms in total. The van der Waals surface area contributed by atoms with Crippen molar-refractivity contribution in [3.8, 4) is 5.75 Å². The third kappa shape index (κ3) is 4.71. The largest absolute Gasteiger partial charge is 0.493 e. The zero-order valence-corrected chi connectivity index (χ0v) is 13.2. The van der Waals surface area contributed by atoms with Gasteiger partial charge in [0, 0.05) is 18.0 Å². The molecule has 0 atom stereocenters. The molecule has 0 aliphatic rings. The van der Waals surface area contributed by atoms with Gasteiger partial charge in [-0.1, -0.05) is 38.8 Å². The van der Waals surface area contributed by atoms with Crippen LogP contribution in [0.4, 0.5) is 0 Å². The van der Waals surface area contributed by atoms with Gasteiger partial charge in [0.05, 0.1) is 17.8 Å². The molecule has 0 aliphatic heterocycles. The van der Waals surface area contributed by atoms with Crippen LogP contribution in [-0.4, -0.2) is 18.1 Å². The number of unbranched alkanes of at least 4 members (excludes halogenated alkanes) is 2. The molecule has 114 valence electrons. The van der Waals surface area contributed by atoms with Crippen LogP contribution in [-0.2, 0) is 6.54 Å². The lowest BCUT2D eigenvalue weighted by Gasteiger charge is -2.11. The van der Waals surface area contributed by atoms with Crippen molar-refractivity contribution in [3.63, 3.8) is 0 Å². The summed E-state index contributed by atoms with van der Waals surface area (Å²) in [7, 11) is 0. The molecule has 1 aromatic heterocycles. The summed E-state index contributed by atoms with van der Waals surface area (Å²) in [4.78, 5) is 4.71. The van der Waals surface area contributed by atoms with E-state index in [-0.39, 0.29) is 0 Å². The smallest absolute Gasteiger partial charge is 0.130 e. The quantitative estimate of drug-likeness (QED) is 0.698. The molecule has 2 rings (SSSR count). The molecule has 0 saturated heterocycles. The SMILES string of the molecule is CCCCCOc1cc(CNCCC)nc2ccccc12. The summed E-state index contributed by atoms with van der Waals surface area (Å²) in [6, 6.07) is 10.3. The number of para-hydroxylation sites is 1. The topological polar surface area (TPSA) is 34.1 Å². The fourth-order valence-corrected chi connectivity index (χ4v) is 2.33. The van der Waals surface area contributed by atoms with E-state index in [2.05, 4.69) is 37.4 Å². The van der Waals surface area contributed by atoms with E-state index in [9.17, 15) is 0 Å². The van der Waals surface area contributed by atoms with Gasteiger partial charge < -0.3 is 10.1 Å². The second kappa shape index (κ2) is 8.63. The number of aromatic nitrogens is 1. The Hall–Kier alpha value is -1.61. The number of nitrogens with zero attached hydrogens (tertiary/aromatic N) is 1. The van der Waals surface area contributed by atoms with Crippen LogP contribution in [0.5, 0.6) is 5.75 Å². The zero-order valence-electron chi connectivity index (χ0n) is 13.2. The molecule has 0 amide bonds. The maximum Gasteiger partial charge on any atom is 0.130 e. The normalized spacial score (nSPS) is 11.0. The Balaban J connectivity index is 2.14. The summed E-state index contributed by atoms with van der Waals surface area (Å²) < 4.78 is 6.00. The molecule has 1 aromatic carbocycles. The Bertz CT molecular complexity index is 554. The first-order chi connectivity index (χ1) is 10.3. The van der Waals surface area contributed by atoms with Crippen LogP contribution in [0.1, 0.15) is 45.2 Å². The first-order valence-corrected chi connectivity index (χ1v) is 8.07. The van der Waals surface area contributed by atoms with Crippen LogP contribution < -0.4 is 10.1 Å². The molecule has 3 heteroatoms. The van der Waals surface area contributed by atoms with Crippen LogP contribution in [0.2, 0.25) is 0 Å². The molecule has 0 spiro atoms. The van der Waals surface area contributed by atoms with E-state index >= 15 is 0 Å². The molecule has 1 N–H and O–H groups in total. The molecule has 0 radical (unpaired) electrons. The first-order valence-electron chi connectivity index (χ1n) is 8.07. The highest BCUT2D eigenvalue weighted by molar-refractivity contribution is 5.85. The number of benzene rings is 1.